The molecule has 0 bridgehead atoms. The van der Waals surface area contributed by atoms with Crippen LogP contribution in [0.4, 0.5) is 10.2 Å². The van der Waals surface area contributed by atoms with Gasteiger partial charge in [0.2, 0.25) is 0 Å². The number of anilines is 1. The molecular formula is C19H27FIN5O2S. The maximum atomic E-state index is 13.6. The SMILES string of the molecule is CN=C(NCc1cccc(N(C)C)n1)NCc1cc(F)ccc1CS(C)(=O)=O.I. The van der Waals surface area contributed by atoms with Gasteiger partial charge in [0.25, 0.3) is 0 Å². The van der Waals surface area contributed by atoms with Gasteiger partial charge in [-0.2, -0.15) is 0 Å². The second-order valence-electron chi connectivity index (χ2n) is 6.64. The molecule has 0 fully saturated rings. The number of aromatic nitrogens is 1. The minimum Gasteiger partial charge on any atom is -0.363 e. The highest BCUT2D eigenvalue weighted by Crippen LogP contribution is 2.14. The number of benzene rings is 1. The molecule has 160 valence electrons. The first-order valence-electron chi connectivity index (χ1n) is 8.71. The fourth-order valence-electron chi connectivity index (χ4n) is 2.57. The van der Waals surface area contributed by atoms with Crippen LogP contribution in [0.1, 0.15) is 16.8 Å². The molecule has 7 nitrogen and oxygen atoms in total. The average molecular weight is 535 g/mol. The van der Waals surface area contributed by atoms with Gasteiger partial charge in [-0.15, -0.1) is 24.0 Å². The van der Waals surface area contributed by atoms with Crippen molar-refractivity contribution in [1.29, 1.82) is 0 Å². The zero-order chi connectivity index (χ0) is 20.7. The van der Waals surface area contributed by atoms with Crippen molar-refractivity contribution in [2.24, 2.45) is 4.99 Å². The third-order valence-corrected chi connectivity index (χ3v) is 4.78. The number of sulfone groups is 1. The number of nitrogens with one attached hydrogen (secondary N) is 2. The van der Waals surface area contributed by atoms with E-state index in [1.54, 1.807) is 7.05 Å². The quantitative estimate of drug-likeness (QED) is 0.322. The Labute approximate surface area is 188 Å². The Balaban J connectivity index is 0.00000420. The summed E-state index contributed by atoms with van der Waals surface area (Å²) < 4.78 is 36.8. The van der Waals surface area contributed by atoms with Gasteiger partial charge >= 0.3 is 0 Å². The van der Waals surface area contributed by atoms with Crippen LogP contribution in [-0.4, -0.2) is 46.8 Å². The van der Waals surface area contributed by atoms with E-state index in [-0.39, 0.29) is 36.3 Å². The molecule has 0 unspecified atom stereocenters. The second-order valence-corrected chi connectivity index (χ2v) is 8.78. The molecule has 0 atom stereocenters. The molecule has 0 aliphatic carbocycles. The predicted molar refractivity (Wildman–Crippen MR) is 126 cm³/mol. The monoisotopic (exact) mass is 535 g/mol. The minimum atomic E-state index is -3.22. The van der Waals surface area contributed by atoms with E-state index >= 15 is 0 Å². The molecular weight excluding hydrogens is 508 g/mol. The normalized spacial score (nSPS) is 11.6. The van der Waals surface area contributed by atoms with Crippen LogP contribution >= 0.6 is 24.0 Å². The first kappa shape index (κ1) is 25.1. The van der Waals surface area contributed by atoms with Crippen molar-refractivity contribution in [3.8, 4) is 0 Å². The van der Waals surface area contributed by atoms with Crippen molar-refractivity contribution in [1.82, 2.24) is 15.6 Å². The van der Waals surface area contributed by atoms with Crippen LogP contribution in [0.25, 0.3) is 0 Å². The van der Waals surface area contributed by atoms with E-state index in [9.17, 15) is 12.8 Å². The number of pyridine rings is 1. The molecule has 0 aliphatic heterocycles. The van der Waals surface area contributed by atoms with Crippen LogP contribution in [-0.2, 0) is 28.7 Å². The molecule has 2 rings (SSSR count). The maximum Gasteiger partial charge on any atom is 0.191 e. The average Bonchev–Trinajstić information content (AvgIpc) is 2.63. The van der Waals surface area contributed by atoms with Gasteiger partial charge in [-0.25, -0.2) is 17.8 Å². The fourth-order valence-corrected chi connectivity index (χ4v) is 3.42. The van der Waals surface area contributed by atoms with Gasteiger partial charge in [-0.05, 0) is 35.4 Å². The Bertz CT molecular complexity index is 951. The van der Waals surface area contributed by atoms with Crippen LogP contribution in [0.15, 0.2) is 41.4 Å². The molecule has 0 spiro atoms. The largest absolute Gasteiger partial charge is 0.363 e. The van der Waals surface area contributed by atoms with Crippen molar-refractivity contribution in [2.75, 3.05) is 32.3 Å². The molecule has 10 heteroatoms. The Kier molecular flexibility index (Phi) is 9.77. The summed E-state index contributed by atoms with van der Waals surface area (Å²) in [6.45, 7) is 0.703. The lowest BCUT2D eigenvalue weighted by atomic mass is 10.1. The topological polar surface area (TPSA) is 86.7 Å². The van der Waals surface area contributed by atoms with Gasteiger partial charge in [0.05, 0.1) is 18.0 Å². The van der Waals surface area contributed by atoms with Gasteiger partial charge in [0.15, 0.2) is 15.8 Å². The molecule has 1 aromatic heterocycles. The number of hydrogen-bond donors (Lipinski definition) is 2. The van der Waals surface area contributed by atoms with E-state index in [1.165, 1.54) is 18.2 Å². The summed E-state index contributed by atoms with van der Waals surface area (Å²) in [4.78, 5) is 10.6. The smallest absolute Gasteiger partial charge is 0.191 e. The van der Waals surface area contributed by atoms with Crippen molar-refractivity contribution in [3.05, 3.63) is 59.0 Å². The fraction of sp³-hybridized carbons (Fsp3) is 0.368. The summed E-state index contributed by atoms with van der Waals surface area (Å²) in [5, 5.41) is 6.24. The third kappa shape index (κ3) is 8.52. The highest BCUT2D eigenvalue weighted by atomic mass is 127. The Morgan fingerprint density at radius 1 is 1.14 bits per heavy atom. The van der Waals surface area contributed by atoms with E-state index in [1.807, 2.05) is 37.2 Å². The molecule has 1 heterocycles. The van der Waals surface area contributed by atoms with Gasteiger partial charge < -0.3 is 15.5 Å². The standard InChI is InChI=1S/C19H26FN5O2S.HI/c1-21-19(23-12-17-6-5-7-18(24-17)25(2)3)22-11-15-10-16(20)9-8-14(15)13-28(4,26)27;/h5-10H,11-13H2,1-4H3,(H2,21,22,23);1H. The number of nitrogens with zero attached hydrogens (tertiary/aromatic N) is 3. The zero-order valence-electron chi connectivity index (χ0n) is 16.9. The molecule has 0 saturated heterocycles. The number of guanidine groups is 1. The Hall–Kier alpha value is -1.95. The number of aliphatic imine (C=N–C) groups is 1. The van der Waals surface area contributed by atoms with Gasteiger partial charge in [-0.1, -0.05) is 12.1 Å². The van der Waals surface area contributed by atoms with Crippen LogP contribution < -0.4 is 15.5 Å². The lowest BCUT2D eigenvalue weighted by Crippen LogP contribution is -2.36. The molecule has 2 N–H and O–H groups in total. The summed E-state index contributed by atoms with van der Waals surface area (Å²) in [5.74, 6) is 0.804. The van der Waals surface area contributed by atoms with Crippen LogP contribution in [0.5, 0.6) is 0 Å². The van der Waals surface area contributed by atoms with Gasteiger partial charge in [0.1, 0.15) is 11.6 Å². The Morgan fingerprint density at radius 3 is 2.45 bits per heavy atom. The molecule has 0 amide bonds. The lowest BCUT2D eigenvalue weighted by molar-refractivity contribution is 0.599. The first-order valence-corrected chi connectivity index (χ1v) is 10.8. The molecule has 2 aromatic rings. The highest BCUT2D eigenvalue weighted by molar-refractivity contribution is 14.0. The summed E-state index contributed by atoms with van der Waals surface area (Å²) in [6.07, 6.45) is 1.16. The van der Waals surface area contributed by atoms with E-state index in [4.69, 9.17) is 0 Å². The second kappa shape index (κ2) is 11.3. The predicted octanol–water partition coefficient (Wildman–Crippen LogP) is 2.31. The van der Waals surface area contributed by atoms with Crippen molar-refractivity contribution in [2.45, 2.75) is 18.8 Å². The molecule has 29 heavy (non-hydrogen) atoms. The number of rotatable bonds is 7. The summed E-state index contributed by atoms with van der Waals surface area (Å²) >= 11 is 0. The summed E-state index contributed by atoms with van der Waals surface area (Å²) in [6, 6.07) is 9.86. The molecule has 0 saturated carbocycles. The van der Waals surface area contributed by atoms with E-state index < -0.39 is 15.7 Å². The van der Waals surface area contributed by atoms with Crippen LogP contribution in [0.2, 0.25) is 0 Å². The molecule has 0 radical (unpaired) electrons. The molecule has 1 aromatic carbocycles. The van der Waals surface area contributed by atoms with Crippen molar-refractivity contribution >= 4 is 45.6 Å². The number of halogens is 2. The maximum absolute atomic E-state index is 13.6. The van der Waals surface area contributed by atoms with Gasteiger partial charge in [-0.3, -0.25) is 4.99 Å². The van der Waals surface area contributed by atoms with E-state index in [0.717, 1.165) is 17.8 Å². The molecule has 0 aliphatic rings. The van der Waals surface area contributed by atoms with Gasteiger partial charge in [0, 0.05) is 33.9 Å². The van der Waals surface area contributed by atoms with E-state index in [0.29, 0.717) is 23.6 Å². The zero-order valence-corrected chi connectivity index (χ0v) is 20.1. The van der Waals surface area contributed by atoms with Crippen molar-refractivity contribution < 1.29 is 12.8 Å². The van der Waals surface area contributed by atoms with E-state index in [2.05, 4.69) is 20.6 Å². The lowest BCUT2D eigenvalue weighted by Gasteiger charge is -2.15. The Morgan fingerprint density at radius 2 is 1.83 bits per heavy atom. The first-order chi connectivity index (χ1) is 13.2. The van der Waals surface area contributed by atoms with Crippen LogP contribution in [0.3, 0.4) is 0 Å². The summed E-state index contributed by atoms with van der Waals surface area (Å²) in [5.41, 5.74) is 1.98. The summed E-state index contributed by atoms with van der Waals surface area (Å²) in [7, 11) is 2.25. The van der Waals surface area contributed by atoms with Crippen molar-refractivity contribution in [3.63, 3.8) is 0 Å². The minimum absolute atomic E-state index is 0. The number of hydrogen-bond acceptors (Lipinski definition) is 5. The van der Waals surface area contributed by atoms with Crippen LogP contribution in [0, 0.1) is 5.82 Å². The highest BCUT2D eigenvalue weighted by Gasteiger charge is 2.11. The third-order valence-electron chi connectivity index (χ3n) is 3.94.